The lowest BCUT2D eigenvalue weighted by atomic mass is 9.88. The standard InChI is InChI=1S/C20H30N2O3S/c1-4-20(2,3)19(23)21-11-13-22(14-12-21)26(24,25)18-10-9-16-7-5-6-8-17(16)15-18/h9-10,15H,4-8,11-14H2,1-3H3. The highest BCUT2D eigenvalue weighted by molar-refractivity contribution is 7.89. The molecule has 1 aromatic rings. The van der Waals surface area contributed by atoms with Gasteiger partial charge in [-0.1, -0.05) is 26.8 Å². The summed E-state index contributed by atoms with van der Waals surface area (Å²) in [5.74, 6) is 0.117. The normalized spacial score (nSPS) is 19.3. The molecule has 1 heterocycles. The lowest BCUT2D eigenvalue weighted by molar-refractivity contribution is -0.141. The number of piperazine rings is 1. The van der Waals surface area contributed by atoms with Crippen molar-refractivity contribution in [2.75, 3.05) is 26.2 Å². The Morgan fingerprint density at radius 1 is 1.04 bits per heavy atom. The second kappa shape index (κ2) is 7.31. The maximum Gasteiger partial charge on any atom is 0.243 e. The molecule has 0 saturated carbocycles. The van der Waals surface area contributed by atoms with Gasteiger partial charge in [0, 0.05) is 31.6 Å². The smallest absolute Gasteiger partial charge is 0.243 e. The summed E-state index contributed by atoms with van der Waals surface area (Å²) in [5.41, 5.74) is 2.07. The predicted molar refractivity (Wildman–Crippen MR) is 102 cm³/mol. The SMILES string of the molecule is CCC(C)(C)C(=O)N1CCN(S(=O)(=O)c2ccc3c(c2)CCCC3)CC1. The molecule has 0 N–H and O–H groups in total. The minimum absolute atomic E-state index is 0.117. The van der Waals surface area contributed by atoms with Gasteiger partial charge in [-0.25, -0.2) is 8.42 Å². The Hall–Kier alpha value is -1.40. The van der Waals surface area contributed by atoms with E-state index in [0.717, 1.165) is 25.7 Å². The van der Waals surface area contributed by atoms with Crippen LogP contribution in [0.15, 0.2) is 23.1 Å². The fraction of sp³-hybridized carbons (Fsp3) is 0.650. The molecule has 26 heavy (non-hydrogen) atoms. The number of hydrogen-bond donors (Lipinski definition) is 0. The Labute approximate surface area is 157 Å². The van der Waals surface area contributed by atoms with E-state index in [0.29, 0.717) is 31.1 Å². The van der Waals surface area contributed by atoms with E-state index < -0.39 is 10.0 Å². The van der Waals surface area contributed by atoms with E-state index in [4.69, 9.17) is 0 Å². The van der Waals surface area contributed by atoms with Gasteiger partial charge in [-0.15, -0.1) is 0 Å². The van der Waals surface area contributed by atoms with Gasteiger partial charge in [-0.05, 0) is 55.4 Å². The first-order chi connectivity index (χ1) is 12.3. The highest BCUT2D eigenvalue weighted by Crippen LogP contribution is 2.27. The summed E-state index contributed by atoms with van der Waals surface area (Å²) in [4.78, 5) is 14.8. The number of fused-ring (bicyclic) bond motifs is 1. The fourth-order valence-electron chi connectivity index (χ4n) is 3.73. The van der Waals surface area contributed by atoms with E-state index in [1.807, 2.05) is 37.8 Å². The third-order valence-electron chi connectivity index (χ3n) is 5.95. The quantitative estimate of drug-likeness (QED) is 0.809. The van der Waals surface area contributed by atoms with Gasteiger partial charge in [0.05, 0.1) is 4.90 Å². The van der Waals surface area contributed by atoms with Crippen molar-refractivity contribution in [3.05, 3.63) is 29.3 Å². The summed E-state index contributed by atoms with van der Waals surface area (Å²) in [6.45, 7) is 7.57. The van der Waals surface area contributed by atoms with Crippen LogP contribution in [-0.2, 0) is 27.7 Å². The van der Waals surface area contributed by atoms with E-state index in [1.165, 1.54) is 21.9 Å². The van der Waals surface area contributed by atoms with Crippen molar-refractivity contribution in [2.45, 2.75) is 57.8 Å². The zero-order valence-electron chi connectivity index (χ0n) is 16.1. The molecule has 0 unspecified atom stereocenters. The largest absolute Gasteiger partial charge is 0.340 e. The summed E-state index contributed by atoms with van der Waals surface area (Å²) < 4.78 is 27.6. The van der Waals surface area contributed by atoms with Gasteiger partial charge >= 0.3 is 0 Å². The van der Waals surface area contributed by atoms with Gasteiger partial charge in [0.15, 0.2) is 0 Å². The van der Waals surface area contributed by atoms with E-state index in [-0.39, 0.29) is 11.3 Å². The Bertz CT molecular complexity index is 778. The molecule has 0 bridgehead atoms. The Balaban J connectivity index is 1.71. The number of aryl methyl sites for hydroxylation is 2. The second-order valence-electron chi connectivity index (χ2n) is 8.07. The molecule has 1 fully saturated rings. The van der Waals surface area contributed by atoms with Gasteiger partial charge in [0.1, 0.15) is 0 Å². The molecule has 144 valence electrons. The number of hydrogen-bond acceptors (Lipinski definition) is 3. The zero-order valence-corrected chi connectivity index (χ0v) is 16.9. The van der Waals surface area contributed by atoms with Gasteiger partial charge in [0.2, 0.25) is 15.9 Å². The van der Waals surface area contributed by atoms with Crippen molar-refractivity contribution in [3.8, 4) is 0 Å². The summed E-state index contributed by atoms with van der Waals surface area (Å²) in [6, 6.07) is 5.59. The number of nitrogens with zero attached hydrogens (tertiary/aromatic N) is 2. The van der Waals surface area contributed by atoms with Gasteiger partial charge in [-0.2, -0.15) is 4.31 Å². The molecule has 0 atom stereocenters. The van der Waals surface area contributed by atoms with Gasteiger partial charge in [-0.3, -0.25) is 4.79 Å². The highest BCUT2D eigenvalue weighted by atomic mass is 32.2. The summed E-state index contributed by atoms with van der Waals surface area (Å²) in [5, 5.41) is 0. The van der Waals surface area contributed by atoms with Crippen LogP contribution < -0.4 is 0 Å². The molecule has 0 radical (unpaired) electrons. The number of sulfonamides is 1. The Kier molecular flexibility index (Phi) is 5.45. The van der Waals surface area contributed by atoms with Crippen molar-refractivity contribution < 1.29 is 13.2 Å². The number of amides is 1. The number of carbonyl (C=O) groups is 1. The molecule has 1 aliphatic heterocycles. The molecular weight excluding hydrogens is 348 g/mol. The molecule has 5 nitrogen and oxygen atoms in total. The van der Waals surface area contributed by atoms with E-state index >= 15 is 0 Å². The first-order valence-electron chi connectivity index (χ1n) is 9.67. The van der Waals surface area contributed by atoms with Crippen LogP contribution in [0.1, 0.15) is 51.2 Å². The highest BCUT2D eigenvalue weighted by Gasteiger charge is 2.35. The van der Waals surface area contributed by atoms with Crippen LogP contribution in [0, 0.1) is 5.41 Å². The lowest BCUT2D eigenvalue weighted by Crippen LogP contribution is -2.53. The van der Waals surface area contributed by atoms with Gasteiger partial charge < -0.3 is 4.90 Å². The first kappa shape index (κ1) is 19.4. The molecule has 1 aliphatic carbocycles. The molecule has 2 aliphatic rings. The minimum Gasteiger partial charge on any atom is -0.340 e. The summed E-state index contributed by atoms with van der Waals surface area (Å²) in [7, 11) is -3.49. The van der Waals surface area contributed by atoms with Crippen LogP contribution in [0.2, 0.25) is 0 Å². The zero-order chi connectivity index (χ0) is 18.9. The average Bonchev–Trinajstić information content (AvgIpc) is 2.67. The molecule has 0 aromatic heterocycles. The van der Waals surface area contributed by atoms with Crippen molar-refractivity contribution in [2.24, 2.45) is 5.41 Å². The number of carbonyl (C=O) groups excluding carboxylic acids is 1. The van der Waals surface area contributed by atoms with Crippen molar-refractivity contribution >= 4 is 15.9 Å². The molecule has 1 amide bonds. The van der Waals surface area contributed by atoms with E-state index in [2.05, 4.69) is 0 Å². The third-order valence-corrected chi connectivity index (χ3v) is 7.84. The summed E-state index contributed by atoms with van der Waals surface area (Å²) in [6.07, 6.45) is 5.10. The van der Waals surface area contributed by atoms with Crippen LogP contribution in [0.25, 0.3) is 0 Å². The molecule has 1 aromatic carbocycles. The number of rotatable bonds is 4. The maximum atomic E-state index is 13.0. The van der Waals surface area contributed by atoms with Crippen LogP contribution in [0.5, 0.6) is 0 Å². The monoisotopic (exact) mass is 378 g/mol. The van der Waals surface area contributed by atoms with Crippen LogP contribution >= 0.6 is 0 Å². The Morgan fingerprint density at radius 2 is 1.65 bits per heavy atom. The van der Waals surface area contributed by atoms with E-state index in [9.17, 15) is 13.2 Å². The average molecular weight is 379 g/mol. The van der Waals surface area contributed by atoms with Crippen LogP contribution in [-0.4, -0.2) is 49.7 Å². The maximum absolute atomic E-state index is 13.0. The van der Waals surface area contributed by atoms with E-state index in [1.54, 1.807) is 6.07 Å². The fourth-order valence-corrected chi connectivity index (χ4v) is 5.20. The predicted octanol–water partition coefficient (Wildman–Crippen LogP) is 2.83. The molecule has 6 heteroatoms. The van der Waals surface area contributed by atoms with Crippen molar-refractivity contribution in [1.29, 1.82) is 0 Å². The lowest BCUT2D eigenvalue weighted by Gasteiger charge is -2.37. The molecule has 1 saturated heterocycles. The number of benzene rings is 1. The van der Waals surface area contributed by atoms with Crippen LogP contribution in [0.3, 0.4) is 0 Å². The summed E-state index contributed by atoms with van der Waals surface area (Å²) >= 11 is 0. The second-order valence-corrected chi connectivity index (χ2v) is 10.0. The molecule has 0 spiro atoms. The first-order valence-corrected chi connectivity index (χ1v) is 11.1. The topological polar surface area (TPSA) is 57.7 Å². The van der Waals surface area contributed by atoms with Crippen molar-refractivity contribution in [3.63, 3.8) is 0 Å². The Morgan fingerprint density at radius 3 is 2.27 bits per heavy atom. The third kappa shape index (κ3) is 3.67. The van der Waals surface area contributed by atoms with Crippen molar-refractivity contribution in [1.82, 2.24) is 9.21 Å². The molecule has 3 rings (SSSR count). The minimum atomic E-state index is -3.49. The van der Waals surface area contributed by atoms with Crippen LogP contribution in [0.4, 0.5) is 0 Å². The van der Waals surface area contributed by atoms with Gasteiger partial charge in [0.25, 0.3) is 0 Å². The molecular formula is C20H30N2O3S.